The summed E-state index contributed by atoms with van der Waals surface area (Å²) in [7, 11) is 1.58. The summed E-state index contributed by atoms with van der Waals surface area (Å²) >= 11 is 12.1. The van der Waals surface area contributed by atoms with E-state index in [9.17, 15) is 13.2 Å². The van der Waals surface area contributed by atoms with Crippen molar-refractivity contribution < 1.29 is 13.2 Å². The maximum atomic E-state index is 11.9. The van der Waals surface area contributed by atoms with Crippen LogP contribution in [0.3, 0.4) is 0 Å². The van der Waals surface area contributed by atoms with E-state index >= 15 is 0 Å². The quantitative estimate of drug-likeness (QED) is 0.794. The second kappa shape index (κ2) is 5.48. The van der Waals surface area contributed by atoms with Gasteiger partial charge in [0.2, 0.25) is 15.0 Å². The van der Waals surface area contributed by atoms with Gasteiger partial charge in [-0.2, -0.15) is 0 Å². The molecular weight excluding hydrogens is 333 g/mol. The molecule has 1 aromatic rings. The first-order valence-corrected chi connectivity index (χ1v) is 8.68. The van der Waals surface area contributed by atoms with Crippen molar-refractivity contribution in [2.45, 2.75) is 6.42 Å². The zero-order chi connectivity index (χ0) is 14.2. The van der Waals surface area contributed by atoms with Gasteiger partial charge in [-0.05, 0) is 12.1 Å². The molecule has 4 nitrogen and oxygen atoms in total. The van der Waals surface area contributed by atoms with Gasteiger partial charge in [0.1, 0.15) is 0 Å². The van der Waals surface area contributed by atoms with Crippen LogP contribution in [0.5, 0.6) is 0 Å². The number of amides is 1. The average Bonchev–Trinajstić information content (AvgIpc) is 2.56. The number of nitrogens with zero attached hydrogens (tertiary/aromatic N) is 1. The lowest BCUT2D eigenvalue weighted by molar-refractivity contribution is -0.117. The number of carbonyl (C=O) groups excluding carboxylic acids is 1. The van der Waals surface area contributed by atoms with E-state index in [1.165, 1.54) is 4.90 Å². The van der Waals surface area contributed by atoms with Gasteiger partial charge in [-0.25, -0.2) is 8.42 Å². The second-order valence-corrected chi connectivity index (χ2v) is 7.99. The number of carbonyl (C=O) groups is 1. The summed E-state index contributed by atoms with van der Waals surface area (Å²) in [6.45, 7) is 0.244. The topological polar surface area (TPSA) is 54.5 Å². The zero-order valence-electron chi connectivity index (χ0n) is 9.64. The van der Waals surface area contributed by atoms with E-state index in [0.717, 1.165) is 0 Å². The van der Waals surface area contributed by atoms with Crippen molar-refractivity contribution in [3.05, 3.63) is 28.2 Å². The van der Waals surface area contributed by atoms with Crippen LogP contribution in [-0.4, -0.2) is 26.6 Å². The summed E-state index contributed by atoms with van der Waals surface area (Å²) in [5.41, 5.74) is 0.422. The van der Waals surface area contributed by atoms with Crippen LogP contribution in [0.25, 0.3) is 0 Å². The largest absolute Gasteiger partial charge is 0.309 e. The molecule has 0 N–H and O–H groups in total. The fourth-order valence-electron chi connectivity index (χ4n) is 2.14. The molecule has 0 bridgehead atoms. The van der Waals surface area contributed by atoms with Crippen LogP contribution in [0.15, 0.2) is 18.2 Å². The number of para-hydroxylation sites is 1. The fraction of sp³-hybridized carbons (Fsp3) is 0.364. The number of halogens is 3. The molecule has 1 aliphatic rings. The van der Waals surface area contributed by atoms with Gasteiger partial charge >= 0.3 is 0 Å². The Morgan fingerprint density at radius 2 is 1.84 bits per heavy atom. The van der Waals surface area contributed by atoms with Gasteiger partial charge in [-0.1, -0.05) is 29.3 Å². The van der Waals surface area contributed by atoms with E-state index in [1.54, 1.807) is 18.2 Å². The maximum absolute atomic E-state index is 11.9. The Labute approximate surface area is 125 Å². The molecule has 104 valence electrons. The standard InChI is InChI=1S/C11H10Cl3NO3S/c12-8-2-1-3-9(13)11(8)15-5-7(4-10(15)16)6-19(14,17)18/h1-3,7H,4-6H2. The average molecular weight is 343 g/mol. The van der Waals surface area contributed by atoms with Gasteiger partial charge < -0.3 is 4.90 Å². The van der Waals surface area contributed by atoms with E-state index < -0.39 is 9.05 Å². The van der Waals surface area contributed by atoms with E-state index in [0.29, 0.717) is 15.7 Å². The molecule has 19 heavy (non-hydrogen) atoms. The summed E-state index contributed by atoms with van der Waals surface area (Å²) in [6, 6.07) is 4.93. The minimum atomic E-state index is -3.63. The number of benzene rings is 1. The van der Waals surface area contributed by atoms with Gasteiger partial charge in [0, 0.05) is 29.6 Å². The lowest BCUT2D eigenvalue weighted by atomic mass is 10.1. The van der Waals surface area contributed by atoms with Crippen molar-refractivity contribution in [3.63, 3.8) is 0 Å². The molecule has 1 unspecified atom stereocenters. The molecule has 1 amide bonds. The number of anilines is 1. The first-order chi connectivity index (χ1) is 8.78. The highest BCUT2D eigenvalue weighted by atomic mass is 35.7. The summed E-state index contributed by atoms with van der Waals surface area (Å²) in [4.78, 5) is 13.4. The number of hydrogen-bond acceptors (Lipinski definition) is 3. The Balaban J connectivity index is 2.26. The van der Waals surface area contributed by atoms with Crippen molar-refractivity contribution >= 4 is 54.5 Å². The smallest absolute Gasteiger partial charge is 0.232 e. The monoisotopic (exact) mass is 341 g/mol. The van der Waals surface area contributed by atoms with Gasteiger partial charge in [0.05, 0.1) is 21.5 Å². The first-order valence-electron chi connectivity index (χ1n) is 5.44. The van der Waals surface area contributed by atoms with Crippen molar-refractivity contribution in [3.8, 4) is 0 Å². The third-order valence-corrected chi connectivity index (χ3v) is 4.70. The van der Waals surface area contributed by atoms with Gasteiger partial charge in [0.25, 0.3) is 0 Å². The lowest BCUT2D eigenvalue weighted by Gasteiger charge is -2.19. The molecule has 1 saturated heterocycles. The highest BCUT2D eigenvalue weighted by Gasteiger charge is 2.34. The van der Waals surface area contributed by atoms with Gasteiger partial charge in [-0.15, -0.1) is 0 Å². The Morgan fingerprint density at radius 1 is 1.26 bits per heavy atom. The summed E-state index contributed by atoms with van der Waals surface area (Å²) in [5, 5.41) is 0.713. The molecule has 0 radical (unpaired) electrons. The van der Waals surface area contributed by atoms with Crippen LogP contribution in [0, 0.1) is 5.92 Å². The zero-order valence-corrected chi connectivity index (χ0v) is 12.7. The van der Waals surface area contributed by atoms with Crippen molar-refractivity contribution in [2.75, 3.05) is 17.2 Å². The maximum Gasteiger partial charge on any atom is 0.232 e. The fourth-order valence-corrected chi connectivity index (χ4v) is 4.06. The molecule has 0 aliphatic carbocycles. The van der Waals surface area contributed by atoms with Crippen molar-refractivity contribution in [1.29, 1.82) is 0 Å². The Bertz CT molecular complexity index is 597. The molecule has 2 rings (SSSR count). The molecule has 0 spiro atoms. The van der Waals surface area contributed by atoms with Crippen LogP contribution in [0.4, 0.5) is 5.69 Å². The first kappa shape index (κ1) is 14.9. The third kappa shape index (κ3) is 3.54. The van der Waals surface area contributed by atoms with Crippen LogP contribution in [0.2, 0.25) is 10.0 Å². The normalized spacial score (nSPS) is 20.1. The van der Waals surface area contributed by atoms with Crippen molar-refractivity contribution in [2.24, 2.45) is 5.92 Å². The molecule has 1 heterocycles. The molecule has 0 saturated carbocycles. The van der Waals surface area contributed by atoms with Crippen LogP contribution >= 0.6 is 33.9 Å². The van der Waals surface area contributed by atoms with E-state index in [-0.39, 0.29) is 30.5 Å². The van der Waals surface area contributed by atoms with Crippen LogP contribution < -0.4 is 4.90 Å². The summed E-state index contributed by atoms with van der Waals surface area (Å²) < 4.78 is 22.1. The van der Waals surface area contributed by atoms with E-state index in [1.807, 2.05) is 0 Å². The SMILES string of the molecule is O=C1CC(CS(=O)(=O)Cl)CN1c1c(Cl)cccc1Cl. The Morgan fingerprint density at radius 3 is 2.37 bits per heavy atom. The highest BCUT2D eigenvalue weighted by Crippen LogP contribution is 2.37. The third-order valence-electron chi connectivity index (χ3n) is 2.85. The highest BCUT2D eigenvalue weighted by molar-refractivity contribution is 8.13. The van der Waals surface area contributed by atoms with E-state index in [4.69, 9.17) is 33.9 Å². The minimum absolute atomic E-state index is 0.119. The van der Waals surface area contributed by atoms with Gasteiger partial charge in [0.15, 0.2) is 0 Å². The Kier molecular flexibility index (Phi) is 4.30. The molecule has 0 aromatic heterocycles. The van der Waals surface area contributed by atoms with Crippen LogP contribution in [0.1, 0.15) is 6.42 Å². The number of rotatable bonds is 3. The molecule has 1 aliphatic heterocycles. The lowest BCUT2D eigenvalue weighted by Crippen LogP contribution is -2.26. The molecular formula is C11H10Cl3NO3S. The molecule has 1 fully saturated rings. The summed E-state index contributed by atoms with van der Waals surface area (Å²) in [5.74, 6) is -0.790. The predicted octanol–water partition coefficient (Wildman–Crippen LogP) is 2.91. The number of hydrogen-bond donors (Lipinski definition) is 0. The van der Waals surface area contributed by atoms with Crippen molar-refractivity contribution in [1.82, 2.24) is 0 Å². The van der Waals surface area contributed by atoms with E-state index in [2.05, 4.69) is 0 Å². The molecule has 8 heteroatoms. The molecule has 1 atom stereocenters. The van der Waals surface area contributed by atoms with Gasteiger partial charge in [-0.3, -0.25) is 4.79 Å². The Hall–Kier alpha value is -0.490. The predicted molar refractivity (Wildman–Crippen MR) is 76.6 cm³/mol. The second-order valence-electron chi connectivity index (χ2n) is 4.35. The molecule has 1 aromatic carbocycles. The summed E-state index contributed by atoms with van der Waals surface area (Å²) in [6.07, 6.45) is 0.119. The minimum Gasteiger partial charge on any atom is -0.309 e. The van der Waals surface area contributed by atoms with Crippen LogP contribution in [-0.2, 0) is 13.8 Å².